The molecule has 4 nitrogen and oxygen atoms in total. The van der Waals surface area contributed by atoms with Crippen LogP contribution in [0.3, 0.4) is 0 Å². The summed E-state index contributed by atoms with van der Waals surface area (Å²) in [4.78, 5) is 0. The second-order valence-corrected chi connectivity index (χ2v) is 5.32. The molecule has 2 rings (SSSR count). The molecule has 0 amide bonds. The number of benzene rings is 2. The van der Waals surface area contributed by atoms with Crippen molar-refractivity contribution in [3.05, 3.63) is 59.2 Å². The molecule has 2 N–H and O–H groups in total. The van der Waals surface area contributed by atoms with Gasteiger partial charge in [0, 0.05) is 5.69 Å². The quantitative estimate of drug-likeness (QED) is 0.514. The van der Waals surface area contributed by atoms with Gasteiger partial charge in [0.05, 0.1) is 13.3 Å². The van der Waals surface area contributed by atoms with Gasteiger partial charge < -0.3 is 10.1 Å². The Kier molecular flexibility index (Phi) is 5.49. The van der Waals surface area contributed by atoms with Gasteiger partial charge >= 0.3 is 0 Å². The molecule has 0 heterocycles. The molecule has 0 aromatic heterocycles. The molecule has 0 saturated carbocycles. The Morgan fingerprint density at radius 1 is 1.14 bits per heavy atom. The van der Waals surface area contributed by atoms with E-state index in [1.165, 1.54) is 11.1 Å². The van der Waals surface area contributed by atoms with E-state index in [-0.39, 0.29) is 0 Å². The molecule has 0 atom stereocenters. The second kappa shape index (κ2) is 7.56. The first kappa shape index (κ1) is 16.0. The molecule has 0 radical (unpaired) electrons. The summed E-state index contributed by atoms with van der Waals surface area (Å²) in [5, 5.41) is 7.66. The molecular formula is C17H19N3OS. The van der Waals surface area contributed by atoms with E-state index < -0.39 is 0 Å². The zero-order valence-corrected chi connectivity index (χ0v) is 13.7. The number of nitrogens with zero attached hydrogens (tertiary/aromatic N) is 1. The highest BCUT2D eigenvalue weighted by Gasteiger charge is 1.98. The predicted octanol–water partition coefficient (Wildman–Crippen LogP) is 3.63. The number of ether oxygens (including phenoxy) is 1. The van der Waals surface area contributed by atoms with E-state index in [1.54, 1.807) is 13.3 Å². The predicted molar refractivity (Wildman–Crippen MR) is 95.9 cm³/mol. The first-order valence-corrected chi connectivity index (χ1v) is 7.30. The third-order valence-corrected chi connectivity index (χ3v) is 3.35. The Balaban J connectivity index is 1.91. The van der Waals surface area contributed by atoms with Crippen LogP contribution in [0.5, 0.6) is 5.75 Å². The molecule has 0 aliphatic rings. The number of aryl methyl sites for hydroxylation is 2. The van der Waals surface area contributed by atoms with Gasteiger partial charge in [-0.3, -0.25) is 5.43 Å². The summed E-state index contributed by atoms with van der Waals surface area (Å²) in [7, 11) is 1.64. The van der Waals surface area contributed by atoms with E-state index >= 15 is 0 Å². The maximum Gasteiger partial charge on any atom is 0.191 e. The Morgan fingerprint density at radius 3 is 2.55 bits per heavy atom. The van der Waals surface area contributed by atoms with Crippen LogP contribution in [-0.4, -0.2) is 18.4 Å². The lowest BCUT2D eigenvalue weighted by Crippen LogP contribution is -2.23. The summed E-state index contributed by atoms with van der Waals surface area (Å²) in [5.74, 6) is 0.803. The number of anilines is 1. The number of hydrogen-bond donors (Lipinski definition) is 2. The Bertz CT molecular complexity index is 681. The summed E-state index contributed by atoms with van der Waals surface area (Å²) in [6.07, 6.45) is 1.77. The fourth-order valence-corrected chi connectivity index (χ4v) is 2.06. The summed E-state index contributed by atoms with van der Waals surface area (Å²) < 4.78 is 5.11. The minimum atomic E-state index is 0.437. The Morgan fingerprint density at radius 2 is 1.86 bits per heavy atom. The van der Waals surface area contributed by atoms with Gasteiger partial charge in [0.1, 0.15) is 5.75 Å². The van der Waals surface area contributed by atoms with Gasteiger partial charge in [0.25, 0.3) is 0 Å². The molecule has 0 aliphatic heterocycles. The highest BCUT2D eigenvalue weighted by atomic mass is 32.1. The van der Waals surface area contributed by atoms with Crippen LogP contribution < -0.4 is 15.5 Å². The van der Waals surface area contributed by atoms with E-state index in [4.69, 9.17) is 17.0 Å². The van der Waals surface area contributed by atoms with Gasteiger partial charge in [-0.1, -0.05) is 23.8 Å². The lowest BCUT2D eigenvalue weighted by atomic mass is 10.1. The smallest absolute Gasteiger partial charge is 0.191 e. The Hall–Kier alpha value is -2.40. The zero-order chi connectivity index (χ0) is 15.9. The van der Waals surface area contributed by atoms with Crippen molar-refractivity contribution >= 4 is 29.2 Å². The molecule has 5 heteroatoms. The van der Waals surface area contributed by atoms with Crippen molar-refractivity contribution < 1.29 is 4.74 Å². The van der Waals surface area contributed by atoms with Crippen molar-refractivity contribution in [1.82, 2.24) is 5.43 Å². The van der Waals surface area contributed by atoms with Gasteiger partial charge in [0.2, 0.25) is 0 Å². The third kappa shape index (κ3) is 4.56. The molecule has 0 bridgehead atoms. The number of methoxy groups -OCH3 is 1. The molecule has 22 heavy (non-hydrogen) atoms. The van der Waals surface area contributed by atoms with Crippen molar-refractivity contribution in [2.24, 2.45) is 5.10 Å². The van der Waals surface area contributed by atoms with E-state index in [1.807, 2.05) is 24.3 Å². The zero-order valence-electron chi connectivity index (χ0n) is 12.9. The third-order valence-electron chi connectivity index (χ3n) is 3.15. The number of hydrogen-bond acceptors (Lipinski definition) is 3. The normalized spacial score (nSPS) is 10.5. The highest BCUT2D eigenvalue weighted by molar-refractivity contribution is 7.80. The van der Waals surface area contributed by atoms with E-state index in [9.17, 15) is 0 Å². The maximum absolute atomic E-state index is 5.20. The maximum atomic E-state index is 5.20. The van der Waals surface area contributed by atoms with Crippen molar-refractivity contribution in [3.8, 4) is 5.75 Å². The van der Waals surface area contributed by atoms with Crippen LogP contribution in [-0.2, 0) is 0 Å². The number of rotatable bonds is 4. The molecule has 0 saturated heterocycles. The summed E-state index contributed by atoms with van der Waals surface area (Å²) in [6, 6.07) is 13.7. The minimum absolute atomic E-state index is 0.437. The van der Waals surface area contributed by atoms with Gasteiger partial charge in [-0.25, -0.2) is 0 Å². The molecule has 2 aromatic rings. The SMILES string of the molecule is COc1ccc(NC(=S)N/N=C\c2cc(C)ccc2C)cc1. The first-order valence-electron chi connectivity index (χ1n) is 6.90. The van der Waals surface area contributed by atoms with Crippen molar-refractivity contribution in [2.45, 2.75) is 13.8 Å². The molecule has 2 aromatic carbocycles. The van der Waals surface area contributed by atoms with Crippen LogP contribution in [0, 0.1) is 13.8 Å². The average Bonchev–Trinajstić information content (AvgIpc) is 2.51. The van der Waals surface area contributed by atoms with E-state index in [0.717, 1.165) is 17.0 Å². The lowest BCUT2D eigenvalue weighted by molar-refractivity contribution is 0.415. The van der Waals surface area contributed by atoms with Gasteiger partial charge in [-0.05, 0) is 61.5 Å². The minimum Gasteiger partial charge on any atom is -0.497 e. The van der Waals surface area contributed by atoms with Gasteiger partial charge in [-0.15, -0.1) is 0 Å². The van der Waals surface area contributed by atoms with E-state index in [0.29, 0.717) is 5.11 Å². The molecule has 114 valence electrons. The first-order chi connectivity index (χ1) is 10.6. The highest BCUT2D eigenvalue weighted by Crippen LogP contribution is 2.14. The second-order valence-electron chi connectivity index (χ2n) is 4.91. The molecule has 0 unspecified atom stereocenters. The van der Waals surface area contributed by atoms with Crippen LogP contribution in [0.25, 0.3) is 0 Å². The van der Waals surface area contributed by atoms with Crippen LogP contribution in [0.1, 0.15) is 16.7 Å². The van der Waals surface area contributed by atoms with Gasteiger partial charge in [-0.2, -0.15) is 5.10 Å². The summed E-state index contributed by atoms with van der Waals surface area (Å²) >= 11 is 5.20. The monoisotopic (exact) mass is 313 g/mol. The summed E-state index contributed by atoms with van der Waals surface area (Å²) in [6.45, 7) is 4.11. The largest absolute Gasteiger partial charge is 0.497 e. The molecule has 0 spiro atoms. The number of nitrogens with one attached hydrogen (secondary N) is 2. The average molecular weight is 313 g/mol. The Labute approximate surface area is 136 Å². The van der Waals surface area contributed by atoms with Crippen LogP contribution >= 0.6 is 12.2 Å². The standard InChI is InChI=1S/C17H19N3OS/c1-12-4-5-13(2)14(10-12)11-18-20-17(22)19-15-6-8-16(21-3)9-7-15/h4-11H,1-3H3,(H2,19,20,22)/b18-11-. The van der Waals surface area contributed by atoms with Crippen LogP contribution in [0.2, 0.25) is 0 Å². The topological polar surface area (TPSA) is 45.6 Å². The van der Waals surface area contributed by atoms with Crippen molar-refractivity contribution in [1.29, 1.82) is 0 Å². The molecular weight excluding hydrogens is 294 g/mol. The van der Waals surface area contributed by atoms with Crippen LogP contribution in [0.15, 0.2) is 47.6 Å². The lowest BCUT2D eigenvalue weighted by Gasteiger charge is -2.08. The van der Waals surface area contributed by atoms with Crippen molar-refractivity contribution in [2.75, 3.05) is 12.4 Å². The van der Waals surface area contributed by atoms with E-state index in [2.05, 4.69) is 47.9 Å². The number of hydrazone groups is 1. The fourth-order valence-electron chi connectivity index (χ4n) is 1.89. The fraction of sp³-hybridized carbons (Fsp3) is 0.176. The van der Waals surface area contributed by atoms with Crippen molar-refractivity contribution in [3.63, 3.8) is 0 Å². The molecule has 0 fully saturated rings. The molecule has 0 aliphatic carbocycles. The number of thiocarbonyl (C=S) groups is 1. The van der Waals surface area contributed by atoms with Gasteiger partial charge in [0.15, 0.2) is 5.11 Å². The van der Waals surface area contributed by atoms with Crippen LogP contribution in [0.4, 0.5) is 5.69 Å². The summed E-state index contributed by atoms with van der Waals surface area (Å²) in [5.41, 5.74) is 7.13.